The van der Waals surface area contributed by atoms with E-state index in [-0.39, 0.29) is 29.9 Å². The van der Waals surface area contributed by atoms with Gasteiger partial charge in [-0.2, -0.15) is 0 Å². The Morgan fingerprint density at radius 1 is 0.962 bits per heavy atom. The van der Waals surface area contributed by atoms with Crippen LogP contribution in [0.2, 0.25) is 0 Å². The smallest absolute Gasteiger partial charge is 0.303 e. The summed E-state index contributed by atoms with van der Waals surface area (Å²) in [6, 6.07) is 16.3. The molecule has 2 aromatic rings. The number of anilines is 2. The van der Waals surface area contributed by atoms with E-state index in [2.05, 4.69) is 10.6 Å². The van der Waals surface area contributed by atoms with Crippen molar-refractivity contribution in [2.45, 2.75) is 29.9 Å². The average Bonchev–Trinajstić information content (AvgIpc) is 2.61. The third kappa shape index (κ3) is 6.60. The van der Waals surface area contributed by atoms with E-state index in [0.717, 1.165) is 10.6 Å². The molecule has 3 N–H and O–H groups in total. The van der Waals surface area contributed by atoms with Gasteiger partial charge in [0.05, 0.1) is 11.7 Å². The Balaban J connectivity index is 1.91. The van der Waals surface area contributed by atoms with Crippen LogP contribution in [0.3, 0.4) is 0 Å². The summed E-state index contributed by atoms with van der Waals surface area (Å²) in [5.41, 5.74) is 1.31. The number of carboxylic acids is 1. The summed E-state index contributed by atoms with van der Waals surface area (Å²) < 4.78 is 0. The van der Waals surface area contributed by atoms with Crippen molar-refractivity contribution < 1.29 is 19.5 Å². The number of carbonyl (C=O) groups is 3. The SMILES string of the molecule is CC(Sc1cccc(NC(=O)CCC(=O)O)c1)C(=O)Nc1ccccc1. The van der Waals surface area contributed by atoms with Crippen molar-refractivity contribution in [3.63, 3.8) is 0 Å². The Labute approximate surface area is 156 Å². The molecule has 7 heteroatoms. The molecule has 6 nitrogen and oxygen atoms in total. The van der Waals surface area contributed by atoms with Crippen molar-refractivity contribution in [1.82, 2.24) is 0 Å². The Morgan fingerprint density at radius 2 is 1.65 bits per heavy atom. The second-order valence-corrected chi connectivity index (χ2v) is 7.00. The van der Waals surface area contributed by atoms with Crippen molar-refractivity contribution >= 4 is 40.9 Å². The molecule has 2 rings (SSSR count). The standard InChI is InChI=1S/C19H20N2O4S/c1-13(19(25)21-14-6-3-2-4-7-14)26-16-9-5-8-15(12-16)20-17(22)10-11-18(23)24/h2-9,12-13H,10-11H2,1H3,(H,20,22)(H,21,25)(H,23,24). The van der Waals surface area contributed by atoms with E-state index in [1.807, 2.05) is 36.4 Å². The van der Waals surface area contributed by atoms with E-state index in [9.17, 15) is 14.4 Å². The maximum Gasteiger partial charge on any atom is 0.303 e. The van der Waals surface area contributed by atoms with Gasteiger partial charge < -0.3 is 15.7 Å². The second-order valence-electron chi connectivity index (χ2n) is 5.59. The number of thioether (sulfide) groups is 1. The van der Waals surface area contributed by atoms with E-state index in [1.54, 1.807) is 25.1 Å². The van der Waals surface area contributed by atoms with Gasteiger partial charge in [-0.05, 0) is 37.3 Å². The lowest BCUT2D eigenvalue weighted by atomic mass is 10.2. The highest BCUT2D eigenvalue weighted by Gasteiger charge is 2.15. The molecule has 1 unspecified atom stereocenters. The number of hydrogen-bond acceptors (Lipinski definition) is 4. The summed E-state index contributed by atoms with van der Waals surface area (Å²) in [6.45, 7) is 1.81. The van der Waals surface area contributed by atoms with E-state index in [1.165, 1.54) is 11.8 Å². The molecule has 0 saturated heterocycles. The highest BCUT2D eigenvalue weighted by atomic mass is 32.2. The Bertz CT molecular complexity index is 780. The fourth-order valence-electron chi connectivity index (χ4n) is 2.11. The van der Waals surface area contributed by atoms with Crippen LogP contribution >= 0.6 is 11.8 Å². The zero-order chi connectivity index (χ0) is 18.9. The van der Waals surface area contributed by atoms with Gasteiger partial charge in [-0.1, -0.05) is 24.3 Å². The Hall–Kier alpha value is -2.80. The fourth-order valence-corrected chi connectivity index (χ4v) is 3.04. The topological polar surface area (TPSA) is 95.5 Å². The van der Waals surface area contributed by atoms with Crippen LogP contribution in [-0.4, -0.2) is 28.1 Å². The molecule has 0 fully saturated rings. The molecule has 0 heterocycles. The number of rotatable bonds is 8. The Kier molecular flexibility index (Phi) is 7.23. The van der Waals surface area contributed by atoms with Crippen LogP contribution in [0, 0.1) is 0 Å². The lowest BCUT2D eigenvalue weighted by Crippen LogP contribution is -2.22. The van der Waals surface area contributed by atoms with Crippen molar-refractivity contribution in [2.75, 3.05) is 10.6 Å². The number of nitrogens with one attached hydrogen (secondary N) is 2. The summed E-state index contributed by atoms with van der Waals surface area (Å²) in [7, 11) is 0. The predicted octanol–water partition coefficient (Wildman–Crippen LogP) is 3.61. The first-order valence-corrected chi connectivity index (χ1v) is 8.96. The van der Waals surface area contributed by atoms with Crippen LogP contribution in [0.5, 0.6) is 0 Å². The zero-order valence-corrected chi connectivity index (χ0v) is 15.1. The summed E-state index contributed by atoms with van der Waals surface area (Å²) >= 11 is 1.37. The highest BCUT2D eigenvalue weighted by molar-refractivity contribution is 8.00. The summed E-state index contributed by atoms with van der Waals surface area (Å²) in [5, 5.41) is 13.8. The number of benzene rings is 2. The van der Waals surface area contributed by atoms with E-state index in [0.29, 0.717) is 5.69 Å². The summed E-state index contributed by atoms with van der Waals surface area (Å²) in [6.07, 6.45) is -0.292. The van der Waals surface area contributed by atoms with E-state index >= 15 is 0 Å². The first kappa shape index (κ1) is 19.5. The van der Waals surface area contributed by atoms with Gasteiger partial charge >= 0.3 is 5.97 Å². The van der Waals surface area contributed by atoms with Gasteiger partial charge in [0.2, 0.25) is 11.8 Å². The minimum atomic E-state index is -1.01. The van der Waals surface area contributed by atoms with E-state index in [4.69, 9.17) is 5.11 Å². The van der Waals surface area contributed by atoms with Gasteiger partial charge in [-0.3, -0.25) is 14.4 Å². The van der Waals surface area contributed by atoms with Crippen LogP contribution in [0.1, 0.15) is 19.8 Å². The molecule has 26 heavy (non-hydrogen) atoms. The van der Waals surface area contributed by atoms with Gasteiger partial charge in [0.1, 0.15) is 0 Å². The molecule has 0 bridgehead atoms. The molecule has 1 atom stereocenters. The maximum atomic E-state index is 12.3. The monoisotopic (exact) mass is 372 g/mol. The number of amides is 2. The molecule has 0 aromatic heterocycles. The van der Waals surface area contributed by atoms with Crippen LogP contribution in [0.25, 0.3) is 0 Å². The molecule has 0 spiro atoms. The highest BCUT2D eigenvalue weighted by Crippen LogP contribution is 2.26. The summed E-state index contributed by atoms with van der Waals surface area (Å²) in [5.74, 6) is -1.48. The number of aliphatic carboxylic acids is 1. The molecule has 2 amide bonds. The van der Waals surface area contributed by atoms with Crippen LogP contribution < -0.4 is 10.6 Å². The molecule has 0 aliphatic carbocycles. The fraction of sp³-hybridized carbons (Fsp3) is 0.211. The quantitative estimate of drug-likeness (QED) is 0.615. The number of hydrogen-bond donors (Lipinski definition) is 3. The second kappa shape index (κ2) is 9.62. The van der Waals surface area contributed by atoms with E-state index < -0.39 is 5.97 Å². The predicted molar refractivity (Wildman–Crippen MR) is 102 cm³/mol. The van der Waals surface area contributed by atoms with Crippen molar-refractivity contribution in [3.05, 3.63) is 54.6 Å². The van der Waals surface area contributed by atoms with Crippen LogP contribution in [-0.2, 0) is 14.4 Å². The average molecular weight is 372 g/mol. The zero-order valence-electron chi connectivity index (χ0n) is 14.3. The molecule has 0 aliphatic heterocycles. The van der Waals surface area contributed by atoms with Gasteiger partial charge in [0.15, 0.2) is 0 Å². The minimum absolute atomic E-state index is 0.0808. The third-order valence-corrected chi connectivity index (χ3v) is 4.50. The normalized spacial score (nSPS) is 11.4. The summed E-state index contributed by atoms with van der Waals surface area (Å²) in [4.78, 5) is 35.3. The number of carbonyl (C=O) groups excluding carboxylic acids is 2. The van der Waals surface area contributed by atoms with Crippen molar-refractivity contribution in [3.8, 4) is 0 Å². The lowest BCUT2D eigenvalue weighted by molar-refractivity contribution is -0.138. The maximum absolute atomic E-state index is 12.3. The number of carboxylic acid groups (broad SMARTS) is 1. The van der Waals surface area contributed by atoms with Gasteiger partial charge in [0, 0.05) is 22.7 Å². The van der Waals surface area contributed by atoms with Crippen LogP contribution in [0.15, 0.2) is 59.5 Å². The number of para-hydroxylation sites is 1. The molecule has 2 aromatic carbocycles. The Morgan fingerprint density at radius 3 is 2.35 bits per heavy atom. The molecule has 136 valence electrons. The van der Waals surface area contributed by atoms with Crippen molar-refractivity contribution in [2.24, 2.45) is 0 Å². The lowest BCUT2D eigenvalue weighted by Gasteiger charge is -2.13. The molecule has 0 saturated carbocycles. The molecular weight excluding hydrogens is 352 g/mol. The van der Waals surface area contributed by atoms with Crippen molar-refractivity contribution in [1.29, 1.82) is 0 Å². The van der Waals surface area contributed by atoms with Gasteiger partial charge in [-0.15, -0.1) is 11.8 Å². The largest absolute Gasteiger partial charge is 0.481 e. The third-order valence-electron chi connectivity index (χ3n) is 3.41. The minimum Gasteiger partial charge on any atom is -0.481 e. The van der Waals surface area contributed by atoms with Crippen LogP contribution in [0.4, 0.5) is 11.4 Å². The molecular formula is C19H20N2O4S. The first-order chi connectivity index (χ1) is 12.4. The molecule has 0 radical (unpaired) electrons. The first-order valence-electron chi connectivity index (χ1n) is 8.08. The molecule has 0 aliphatic rings. The van der Waals surface area contributed by atoms with Gasteiger partial charge in [0.25, 0.3) is 0 Å². The van der Waals surface area contributed by atoms with Gasteiger partial charge in [-0.25, -0.2) is 0 Å².